The number of ether oxygens (including phenoxy) is 2. The predicted molar refractivity (Wildman–Crippen MR) is 106 cm³/mol. The summed E-state index contributed by atoms with van der Waals surface area (Å²) in [5.41, 5.74) is 1.63. The number of piperidine rings is 1. The van der Waals surface area contributed by atoms with Crippen LogP contribution in [0.15, 0.2) is 10.6 Å². The molecule has 0 unspecified atom stereocenters. The van der Waals surface area contributed by atoms with Crippen LogP contribution >= 0.6 is 0 Å². The van der Waals surface area contributed by atoms with Gasteiger partial charge in [0, 0.05) is 50.3 Å². The number of aromatic nitrogens is 4. The molecule has 9 nitrogen and oxygen atoms in total. The molecular formula is C21H29N5O4. The highest BCUT2D eigenvalue weighted by Gasteiger charge is 2.29. The van der Waals surface area contributed by atoms with Crippen molar-refractivity contribution in [3.8, 4) is 0 Å². The third kappa shape index (κ3) is 4.57. The molecule has 0 spiro atoms. The van der Waals surface area contributed by atoms with E-state index in [0.29, 0.717) is 49.5 Å². The third-order valence-electron chi connectivity index (χ3n) is 6.30. The minimum Gasteiger partial charge on any atom is -0.381 e. The Morgan fingerprint density at radius 3 is 2.70 bits per heavy atom. The van der Waals surface area contributed by atoms with E-state index in [2.05, 4.69) is 20.3 Å². The van der Waals surface area contributed by atoms with Crippen LogP contribution in [0.3, 0.4) is 0 Å². The van der Waals surface area contributed by atoms with Crippen molar-refractivity contribution >= 4 is 5.91 Å². The van der Waals surface area contributed by atoms with Gasteiger partial charge < -0.3 is 18.9 Å². The van der Waals surface area contributed by atoms with Gasteiger partial charge in [-0.05, 0) is 44.6 Å². The van der Waals surface area contributed by atoms with Crippen molar-refractivity contribution < 1.29 is 18.8 Å². The molecule has 2 aromatic rings. The second-order valence-electron chi connectivity index (χ2n) is 8.53. The van der Waals surface area contributed by atoms with Gasteiger partial charge in [0.25, 0.3) is 5.91 Å². The predicted octanol–water partition coefficient (Wildman–Crippen LogP) is 2.43. The largest absolute Gasteiger partial charge is 0.381 e. The number of carbonyl (C=O) groups is 1. The lowest BCUT2D eigenvalue weighted by Crippen LogP contribution is -2.41. The lowest BCUT2D eigenvalue weighted by molar-refractivity contribution is 0.00931. The summed E-state index contributed by atoms with van der Waals surface area (Å²) in [5.74, 6) is 2.34. The van der Waals surface area contributed by atoms with Crippen LogP contribution in [0.25, 0.3) is 0 Å². The smallest absolute Gasteiger partial charge is 0.274 e. The Morgan fingerprint density at radius 1 is 1.13 bits per heavy atom. The third-order valence-corrected chi connectivity index (χ3v) is 6.30. The normalized spacial score (nSPS) is 21.3. The molecule has 0 bridgehead atoms. The molecule has 162 valence electrons. The van der Waals surface area contributed by atoms with E-state index in [1.165, 1.54) is 12.8 Å². The monoisotopic (exact) mass is 415 g/mol. The van der Waals surface area contributed by atoms with Crippen LogP contribution in [0, 0.1) is 0 Å². The Kier molecular flexibility index (Phi) is 5.81. The van der Waals surface area contributed by atoms with E-state index in [9.17, 15) is 4.79 Å². The lowest BCUT2D eigenvalue weighted by atomic mass is 10.0. The van der Waals surface area contributed by atoms with Crippen molar-refractivity contribution in [3.05, 3.63) is 29.2 Å². The minimum atomic E-state index is 0.0176. The Balaban J connectivity index is 1.03. The van der Waals surface area contributed by atoms with Gasteiger partial charge in [0.05, 0.1) is 12.7 Å². The fourth-order valence-corrected chi connectivity index (χ4v) is 4.23. The number of H-pyrrole nitrogens is 1. The Bertz CT molecular complexity index is 847. The van der Waals surface area contributed by atoms with Gasteiger partial charge in [-0.3, -0.25) is 9.89 Å². The molecule has 2 saturated heterocycles. The average molecular weight is 415 g/mol. The molecule has 1 saturated carbocycles. The van der Waals surface area contributed by atoms with Gasteiger partial charge in [0.2, 0.25) is 5.89 Å². The molecule has 0 aromatic carbocycles. The van der Waals surface area contributed by atoms with Crippen molar-refractivity contribution in [1.82, 2.24) is 25.2 Å². The van der Waals surface area contributed by atoms with Crippen LogP contribution in [-0.4, -0.2) is 70.2 Å². The molecule has 9 heteroatoms. The fourth-order valence-electron chi connectivity index (χ4n) is 4.23. The number of carbonyl (C=O) groups excluding carboxylic acids is 1. The highest BCUT2D eigenvalue weighted by atomic mass is 16.5. The lowest BCUT2D eigenvalue weighted by Gasteiger charge is -2.31. The van der Waals surface area contributed by atoms with E-state index >= 15 is 0 Å². The molecule has 3 fully saturated rings. The zero-order valence-electron chi connectivity index (χ0n) is 17.2. The summed E-state index contributed by atoms with van der Waals surface area (Å²) < 4.78 is 16.8. The van der Waals surface area contributed by atoms with Crippen molar-refractivity contribution in [2.75, 3.05) is 32.9 Å². The molecular weight excluding hydrogens is 386 g/mol. The molecule has 4 heterocycles. The van der Waals surface area contributed by atoms with Crippen LogP contribution in [0.5, 0.6) is 0 Å². The van der Waals surface area contributed by atoms with E-state index < -0.39 is 0 Å². The summed E-state index contributed by atoms with van der Waals surface area (Å²) in [4.78, 5) is 19.1. The quantitative estimate of drug-likeness (QED) is 0.740. The van der Waals surface area contributed by atoms with Crippen LogP contribution < -0.4 is 0 Å². The molecule has 2 aliphatic heterocycles. The van der Waals surface area contributed by atoms with Crippen LogP contribution in [0.1, 0.15) is 78.3 Å². The number of hydrogen-bond acceptors (Lipinski definition) is 7. The van der Waals surface area contributed by atoms with E-state index in [1.807, 2.05) is 11.0 Å². The maximum atomic E-state index is 12.7. The number of aromatic amines is 1. The summed E-state index contributed by atoms with van der Waals surface area (Å²) >= 11 is 0. The van der Waals surface area contributed by atoms with Gasteiger partial charge in [-0.1, -0.05) is 5.16 Å². The van der Waals surface area contributed by atoms with Crippen LogP contribution in [0.4, 0.5) is 0 Å². The second-order valence-corrected chi connectivity index (χ2v) is 8.53. The molecule has 30 heavy (non-hydrogen) atoms. The number of hydrogen-bond donors (Lipinski definition) is 1. The van der Waals surface area contributed by atoms with Crippen molar-refractivity contribution in [2.45, 2.75) is 62.9 Å². The first-order chi connectivity index (χ1) is 14.8. The first-order valence-corrected chi connectivity index (χ1v) is 11.1. The van der Waals surface area contributed by atoms with Gasteiger partial charge in [0.1, 0.15) is 5.69 Å². The minimum absolute atomic E-state index is 0.0176. The van der Waals surface area contributed by atoms with Crippen molar-refractivity contribution in [1.29, 1.82) is 0 Å². The van der Waals surface area contributed by atoms with Gasteiger partial charge >= 0.3 is 0 Å². The second kappa shape index (κ2) is 8.85. The standard InChI is InChI=1S/C21H29N5O4/c27-21(18-13-17(23-24-18)14-1-2-14)26-8-3-16(4-9-26)29-12-7-19-22-20(30-25-19)15-5-10-28-11-6-15/h13-16H,1-12H2,(H,23,24). The zero-order chi connectivity index (χ0) is 20.3. The maximum absolute atomic E-state index is 12.7. The molecule has 3 aliphatic rings. The summed E-state index contributed by atoms with van der Waals surface area (Å²) in [7, 11) is 0. The van der Waals surface area contributed by atoms with E-state index in [-0.39, 0.29) is 12.0 Å². The van der Waals surface area contributed by atoms with E-state index in [1.54, 1.807) is 0 Å². The van der Waals surface area contributed by atoms with Crippen molar-refractivity contribution in [3.63, 3.8) is 0 Å². The summed E-state index contributed by atoms with van der Waals surface area (Å²) in [6, 6.07) is 1.92. The first kappa shape index (κ1) is 19.7. The number of nitrogens with one attached hydrogen (secondary N) is 1. The molecule has 1 aliphatic carbocycles. The average Bonchev–Trinajstić information content (AvgIpc) is 3.33. The van der Waals surface area contributed by atoms with Crippen LogP contribution in [-0.2, 0) is 15.9 Å². The summed E-state index contributed by atoms with van der Waals surface area (Å²) in [6.45, 7) is 3.48. The topological polar surface area (TPSA) is 106 Å². The SMILES string of the molecule is O=C(c1cc(C2CC2)[nH]n1)N1CCC(OCCc2noc(C3CCOCC3)n2)CC1. The summed E-state index contributed by atoms with van der Waals surface area (Å²) in [6.07, 6.45) is 6.75. The van der Waals surface area contributed by atoms with Gasteiger partial charge in [-0.15, -0.1) is 0 Å². The molecule has 2 aromatic heterocycles. The highest BCUT2D eigenvalue weighted by Crippen LogP contribution is 2.39. The van der Waals surface area contributed by atoms with Crippen molar-refractivity contribution in [2.24, 2.45) is 0 Å². The van der Waals surface area contributed by atoms with Gasteiger partial charge in [-0.2, -0.15) is 10.1 Å². The van der Waals surface area contributed by atoms with E-state index in [4.69, 9.17) is 14.0 Å². The molecule has 0 atom stereocenters. The molecule has 1 amide bonds. The molecule has 1 N–H and O–H groups in total. The first-order valence-electron chi connectivity index (χ1n) is 11.1. The zero-order valence-corrected chi connectivity index (χ0v) is 17.2. The van der Waals surface area contributed by atoms with E-state index in [0.717, 1.165) is 50.5 Å². The summed E-state index contributed by atoms with van der Waals surface area (Å²) in [5, 5.41) is 11.3. The Hall–Kier alpha value is -2.26. The van der Waals surface area contributed by atoms with Crippen LogP contribution in [0.2, 0.25) is 0 Å². The Morgan fingerprint density at radius 2 is 1.93 bits per heavy atom. The highest BCUT2D eigenvalue weighted by molar-refractivity contribution is 5.92. The molecule has 0 radical (unpaired) electrons. The maximum Gasteiger partial charge on any atom is 0.274 e. The number of amides is 1. The Labute approximate surface area is 175 Å². The molecule has 5 rings (SSSR count). The number of likely N-dealkylation sites (tertiary alicyclic amines) is 1. The fraction of sp³-hybridized carbons (Fsp3) is 0.714. The number of nitrogens with zero attached hydrogens (tertiary/aromatic N) is 4. The van der Waals surface area contributed by atoms with Gasteiger partial charge in [-0.25, -0.2) is 0 Å². The number of rotatable bonds is 7. The van der Waals surface area contributed by atoms with Gasteiger partial charge in [0.15, 0.2) is 5.82 Å².